The van der Waals surface area contributed by atoms with Crippen molar-refractivity contribution in [3.8, 4) is 0 Å². The standard InChI is InChI=1S/C16H32N2O/c1-4-9-18-10-6-14(7-11-18)17-15-8-12-19-16(3,5-2)13-15/h14-15,17H,4-13H2,1-3H3. The average molecular weight is 268 g/mol. The maximum Gasteiger partial charge on any atom is 0.0666 e. The lowest BCUT2D eigenvalue weighted by atomic mass is 9.89. The largest absolute Gasteiger partial charge is 0.375 e. The van der Waals surface area contributed by atoms with Gasteiger partial charge in [-0.15, -0.1) is 0 Å². The minimum Gasteiger partial charge on any atom is -0.375 e. The van der Waals surface area contributed by atoms with E-state index in [1.165, 1.54) is 51.7 Å². The van der Waals surface area contributed by atoms with E-state index in [-0.39, 0.29) is 5.60 Å². The number of rotatable bonds is 5. The van der Waals surface area contributed by atoms with Gasteiger partial charge in [-0.2, -0.15) is 0 Å². The highest BCUT2D eigenvalue weighted by atomic mass is 16.5. The number of hydrogen-bond donors (Lipinski definition) is 1. The second-order valence-electron chi connectivity index (χ2n) is 6.62. The van der Waals surface area contributed by atoms with Crippen molar-refractivity contribution in [3.63, 3.8) is 0 Å². The molecule has 0 aromatic carbocycles. The van der Waals surface area contributed by atoms with Crippen LogP contribution in [-0.2, 0) is 4.74 Å². The van der Waals surface area contributed by atoms with E-state index in [0.717, 1.165) is 19.1 Å². The van der Waals surface area contributed by atoms with Gasteiger partial charge in [0.1, 0.15) is 0 Å². The fourth-order valence-electron chi connectivity index (χ4n) is 3.49. The average Bonchev–Trinajstić information content (AvgIpc) is 2.42. The van der Waals surface area contributed by atoms with Crippen LogP contribution in [0, 0.1) is 0 Å². The molecular weight excluding hydrogens is 236 g/mol. The maximum absolute atomic E-state index is 5.93. The maximum atomic E-state index is 5.93. The highest BCUT2D eigenvalue weighted by Gasteiger charge is 2.32. The lowest BCUT2D eigenvalue weighted by Crippen LogP contribution is -2.51. The minimum absolute atomic E-state index is 0.110. The van der Waals surface area contributed by atoms with Crippen molar-refractivity contribution >= 4 is 0 Å². The van der Waals surface area contributed by atoms with Gasteiger partial charge in [0.25, 0.3) is 0 Å². The molecule has 19 heavy (non-hydrogen) atoms. The molecule has 2 saturated heterocycles. The quantitative estimate of drug-likeness (QED) is 0.830. The third kappa shape index (κ3) is 4.44. The van der Waals surface area contributed by atoms with Crippen LogP contribution in [0.1, 0.15) is 59.3 Å². The Balaban J connectivity index is 1.73. The highest BCUT2D eigenvalue weighted by molar-refractivity contribution is 4.88. The van der Waals surface area contributed by atoms with Crippen molar-refractivity contribution in [1.29, 1.82) is 0 Å². The molecule has 3 heteroatoms. The first-order chi connectivity index (χ1) is 9.15. The summed E-state index contributed by atoms with van der Waals surface area (Å²) in [6.45, 7) is 11.5. The molecule has 2 fully saturated rings. The molecule has 0 radical (unpaired) electrons. The lowest BCUT2D eigenvalue weighted by Gasteiger charge is -2.41. The summed E-state index contributed by atoms with van der Waals surface area (Å²) in [6.07, 6.45) is 7.41. The predicted molar refractivity (Wildman–Crippen MR) is 80.6 cm³/mol. The Hall–Kier alpha value is -0.120. The zero-order chi connectivity index (χ0) is 13.7. The molecule has 2 unspecified atom stereocenters. The molecule has 0 aliphatic carbocycles. The monoisotopic (exact) mass is 268 g/mol. The minimum atomic E-state index is 0.110. The molecule has 0 spiro atoms. The van der Waals surface area contributed by atoms with Gasteiger partial charge >= 0.3 is 0 Å². The summed E-state index contributed by atoms with van der Waals surface area (Å²) in [7, 11) is 0. The number of hydrogen-bond acceptors (Lipinski definition) is 3. The van der Waals surface area contributed by atoms with Crippen molar-refractivity contribution in [2.45, 2.75) is 77.0 Å². The van der Waals surface area contributed by atoms with Crippen LogP contribution in [-0.4, -0.2) is 48.8 Å². The van der Waals surface area contributed by atoms with Crippen LogP contribution in [0.5, 0.6) is 0 Å². The molecule has 2 aliphatic rings. The Kier molecular flexibility index (Phi) is 5.67. The van der Waals surface area contributed by atoms with Crippen LogP contribution in [0.4, 0.5) is 0 Å². The molecule has 2 atom stereocenters. The number of nitrogens with one attached hydrogen (secondary N) is 1. The third-order valence-corrected chi connectivity index (χ3v) is 4.94. The van der Waals surface area contributed by atoms with Crippen molar-refractivity contribution in [2.75, 3.05) is 26.2 Å². The molecular formula is C16H32N2O. The number of ether oxygens (including phenoxy) is 1. The van der Waals surface area contributed by atoms with Gasteiger partial charge in [-0.3, -0.25) is 0 Å². The van der Waals surface area contributed by atoms with Gasteiger partial charge in [-0.25, -0.2) is 0 Å². The van der Waals surface area contributed by atoms with E-state index in [0.29, 0.717) is 6.04 Å². The van der Waals surface area contributed by atoms with E-state index in [4.69, 9.17) is 4.74 Å². The molecule has 2 rings (SSSR count). The fourth-order valence-corrected chi connectivity index (χ4v) is 3.49. The third-order valence-electron chi connectivity index (χ3n) is 4.94. The summed E-state index contributed by atoms with van der Waals surface area (Å²) in [5.41, 5.74) is 0.110. The topological polar surface area (TPSA) is 24.5 Å². The second-order valence-corrected chi connectivity index (χ2v) is 6.62. The highest BCUT2D eigenvalue weighted by Crippen LogP contribution is 2.28. The van der Waals surface area contributed by atoms with Crippen molar-refractivity contribution in [1.82, 2.24) is 10.2 Å². The molecule has 2 heterocycles. The normalized spacial score (nSPS) is 34.6. The van der Waals surface area contributed by atoms with Crippen LogP contribution in [0.25, 0.3) is 0 Å². The van der Waals surface area contributed by atoms with E-state index in [1.54, 1.807) is 0 Å². The molecule has 0 aromatic rings. The van der Waals surface area contributed by atoms with Gasteiger partial charge in [0.2, 0.25) is 0 Å². The van der Waals surface area contributed by atoms with Gasteiger partial charge in [0.15, 0.2) is 0 Å². The summed E-state index contributed by atoms with van der Waals surface area (Å²) >= 11 is 0. The summed E-state index contributed by atoms with van der Waals surface area (Å²) in [5.74, 6) is 0. The molecule has 2 aliphatic heterocycles. The van der Waals surface area contributed by atoms with Crippen molar-refractivity contribution < 1.29 is 4.74 Å². The molecule has 112 valence electrons. The fraction of sp³-hybridized carbons (Fsp3) is 1.00. The van der Waals surface area contributed by atoms with Gasteiger partial charge < -0.3 is 15.0 Å². The summed E-state index contributed by atoms with van der Waals surface area (Å²) in [4.78, 5) is 2.61. The van der Waals surface area contributed by atoms with Crippen LogP contribution in [0.3, 0.4) is 0 Å². The summed E-state index contributed by atoms with van der Waals surface area (Å²) in [6, 6.07) is 1.40. The van der Waals surface area contributed by atoms with Crippen LogP contribution < -0.4 is 5.32 Å². The number of likely N-dealkylation sites (tertiary alicyclic amines) is 1. The molecule has 0 aromatic heterocycles. The molecule has 0 saturated carbocycles. The van der Waals surface area contributed by atoms with E-state index >= 15 is 0 Å². The summed E-state index contributed by atoms with van der Waals surface area (Å²) < 4.78 is 5.93. The first kappa shape index (κ1) is 15.3. The van der Waals surface area contributed by atoms with E-state index in [1.807, 2.05) is 0 Å². The van der Waals surface area contributed by atoms with Gasteiger partial charge in [0.05, 0.1) is 5.60 Å². The predicted octanol–water partition coefficient (Wildman–Crippen LogP) is 2.80. The van der Waals surface area contributed by atoms with Crippen molar-refractivity contribution in [3.05, 3.63) is 0 Å². The Bertz CT molecular complexity index is 263. The van der Waals surface area contributed by atoms with Crippen molar-refractivity contribution in [2.24, 2.45) is 0 Å². The van der Waals surface area contributed by atoms with Crippen LogP contribution >= 0.6 is 0 Å². The second kappa shape index (κ2) is 7.05. The Morgan fingerprint density at radius 1 is 1.16 bits per heavy atom. The van der Waals surface area contributed by atoms with E-state index < -0.39 is 0 Å². The first-order valence-electron chi connectivity index (χ1n) is 8.27. The zero-order valence-corrected chi connectivity index (χ0v) is 13.1. The van der Waals surface area contributed by atoms with E-state index in [9.17, 15) is 0 Å². The van der Waals surface area contributed by atoms with Gasteiger partial charge in [-0.05, 0) is 65.1 Å². The molecule has 0 bridgehead atoms. The van der Waals surface area contributed by atoms with Gasteiger partial charge in [0, 0.05) is 18.7 Å². The van der Waals surface area contributed by atoms with Crippen LogP contribution in [0.15, 0.2) is 0 Å². The lowest BCUT2D eigenvalue weighted by molar-refractivity contribution is -0.0797. The Labute approximate surface area is 119 Å². The number of piperidine rings is 1. The SMILES string of the molecule is CCCN1CCC(NC2CCOC(C)(CC)C2)CC1. The van der Waals surface area contributed by atoms with E-state index in [2.05, 4.69) is 31.0 Å². The first-order valence-corrected chi connectivity index (χ1v) is 8.27. The van der Waals surface area contributed by atoms with Gasteiger partial charge in [-0.1, -0.05) is 13.8 Å². The number of nitrogens with zero attached hydrogens (tertiary/aromatic N) is 1. The van der Waals surface area contributed by atoms with Crippen LogP contribution in [0.2, 0.25) is 0 Å². The Morgan fingerprint density at radius 3 is 2.53 bits per heavy atom. The Morgan fingerprint density at radius 2 is 1.89 bits per heavy atom. The molecule has 3 nitrogen and oxygen atoms in total. The zero-order valence-electron chi connectivity index (χ0n) is 13.1. The molecule has 1 N–H and O–H groups in total. The summed E-state index contributed by atoms with van der Waals surface area (Å²) in [5, 5.41) is 3.90. The molecule has 0 amide bonds. The smallest absolute Gasteiger partial charge is 0.0666 e.